The van der Waals surface area contributed by atoms with Crippen LogP contribution in [0.15, 0.2) is 18.3 Å². The molecular formula is C15H22N2O. The Morgan fingerprint density at radius 3 is 2.94 bits per heavy atom. The fraction of sp³-hybridized carbons (Fsp3) is 0.667. The van der Waals surface area contributed by atoms with E-state index in [2.05, 4.69) is 16.9 Å². The van der Waals surface area contributed by atoms with Crippen molar-refractivity contribution in [3.8, 4) is 0 Å². The zero-order valence-corrected chi connectivity index (χ0v) is 11.0. The van der Waals surface area contributed by atoms with Crippen molar-refractivity contribution in [2.24, 2.45) is 17.8 Å². The highest BCUT2D eigenvalue weighted by molar-refractivity contribution is 5.40. The fourth-order valence-corrected chi connectivity index (χ4v) is 3.81. The number of aliphatic hydroxyl groups is 1. The van der Waals surface area contributed by atoms with Crippen molar-refractivity contribution in [1.82, 2.24) is 4.98 Å². The molecule has 0 saturated heterocycles. The molecule has 0 amide bonds. The highest BCUT2D eigenvalue weighted by atomic mass is 16.3. The van der Waals surface area contributed by atoms with E-state index in [-0.39, 0.29) is 6.61 Å². The number of hydrogen-bond donors (Lipinski definition) is 1. The van der Waals surface area contributed by atoms with Crippen molar-refractivity contribution in [3.05, 3.63) is 23.9 Å². The van der Waals surface area contributed by atoms with Crippen molar-refractivity contribution < 1.29 is 5.11 Å². The van der Waals surface area contributed by atoms with E-state index in [4.69, 9.17) is 5.11 Å². The number of anilines is 1. The summed E-state index contributed by atoms with van der Waals surface area (Å²) < 4.78 is 0. The van der Waals surface area contributed by atoms with Crippen LogP contribution in [0.3, 0.4) is 0 Å². The Hall–Kier alpha value is -1.09. The molecule has 3 atom stereocenters. The number of hydrogen-bond acceptors (Lipinski definition) is 3. The molecule has 0 spiro atoms. The van der Waals surface area contributed by atoms with Crippen molar-refractivity contribution in [2.45, 2.75) is 32.3 Å². The predicted octanol–water partition coefficient (Wildman–Crippen LogP) is 2.45. The molecule has 2 fully saturated rings. The SMILES string of the molecule is CN(CC1CC2CCC1C2)c1cc(CO)ccn1. The molecule has 1 N–H and O–H groups in total. The Bertz CT molecular complexity index is 421. The predicted molar refractivity (Wildman–Crippen MR) is 72.4 cm³/mol. The van der Waals surface area contributed by atoms with Crippen LogP contribution in [0.5, 0.6) is 0 Å². The van der Waals surface area contributed by atoms with E-state index in [9.17, 15) is 0 Å². The van der Waals surface area contributed by atoms with Crippen LogP contribution >= 0.6 is 0 Å². The van der Waals surface area contributed by atoms with Gasteiger partial charge in [-0.05, 0) is 54.7 Å². The normalized spacial score (nSPS) is 29.8. The Morgan fingerprint density at radius 1 is 1.39 bits per heavy atom. The van der Waals surface area contributed by atoms with Gasteiger partial charge in [-0.2, -0.15) is 0 Å². The third-order valence-corrected chi connectivity index (χ3v) is 4.78. The second-order valence-electron chi connectivity index (χ2n) is 6.00. The molecule has 1 heterocycles. The van der Waals surface area contributed by atoms with Crippen molar-refractivity contribution >= 4 is 5.82 Å². The van der Waals surface area contributed by atoms with Crippen LogP contribution in [0.2, 0.25) is 0 Å². The molecule has 3 unspecified atom stereocenters. The van der Waals surface area contributed by atoms with Gasteiger partial charge >= 0.3 is 0 Å². The minimum atomic E-state index is 0.0947. The standard InChI is InChI=1S/C15H22N2O/c1-17(15-8-12(10-18)4-5-16-15)9-14-7-11-2-3-13(14)6-11/h4-5,8,11,13-14,18H,2-3,6-7,9-10H2,1H3. The monoisotopic (exact) mass is 246 g/mol. The van der Waals surface area contributed by atoms with Gasteiger partial charge in [-0.25, -0.2) is 4.98 Å². The van der Waals surface area contributed by atoms with Gasteiger partial charge in [0.25, 0.3) is 0 Å². The maximum Gasteiger partial charge on any atom is 0.128 e. The number of aromatic nitrogens is 1. The van der Waals surface area contributed by atoms with E-state index in [0.29, 0.717) is 0 Å². The number of fused-ring (bicyclic) bond motifs is 2. The molecule has 2 saturated carbocycles. The van der Waals surface area contributed by atoms with Crippen molar-refractivity contribution in [3.63, 3.8) is 0 Å². The Balaban J connectivity index is 1.65. The van der Waals surface area contributed by atoms with E-state index >= 15 is 0 Å². The van der Waals surface area contributed by atoms with E-state index < -0.39 is 0 Å². The van der Waals surface area contributed by atoms with Gasteiger partial charge in [-0.15, -0.1) is 0 Å². The molecule has 2 aliphatic rings. The van der Waals surface area contributed by atoms with Crippen LogP contribution in [-0.4, -0.2) is 23.7 Å². The summed E-state index contributed by atoms with van der Waals surface area (Å²) in [5, 5.41) is 9.17. The zero-order chi connectivity index (χ0) is 12.5. The molecule has 0 aromatic carbocycles. The van der Waals surface area contributed by atoms with Gasteiger partial charge in [0.2, 0.25) is 0 Å². The Morgan fingerprint density at radius 2 is 2.28 bits per heavy atom. The van der Waals surface area contributed by atoms with Gasteiger partial charge < -0.3 is 10.0 Å². The second kappa shape index (κ2) is 4.88. The molecule has 2 aliphatic carbocycles. The third-order valence-electron chi connectivity index (χ3n) is 4.78. The summed E-state index contributed by atoms with van der Waals surface area (Å²) in [5.41, 5.74) is 0.944. The van der Waals surface area contributed by atoms with Gasteiger partial charge in [0.05, 0.1) is 6.61 Å². The summed E-state index contributed by atoms with van der Waals surface area (Å²) in [4.78, 5) is 6.66. The molecule has 18 heavy (non-hydrogen) atoms. The molecule has 1 aromatic rings. The minimum Gasteiger partial charge on any atom is -0.392 e. The zero-order valence-electron chi connectivity index (χ0n) is 11.0. The van der Waals surface area contributed by atoms with Crippen molar-refractivity contribution in [1.29, 1.82) is 0 Å². The Labute approximate surface area is 109 Å². The lowest BCUT2D eigenvalue weighted by atomic mass is 9.88. The van der Waals surface area contributed by atoms with Crippen LogP contribution in [0.1, 0.15) is 31.2 Å². The second-order valence-corrected chi connectivity index (χ2v) is 6.00. The molecule has 98 valence electrons. The molecule has 1 aromatic heterocycles. The minimum absolute atomic E-state index is 0.0947. The smallest absolute Gasteiger partial charge is 0.128 e. The first-order chi connectivity index (χ1) is 8.76. The van der Waals surface area contributed by atoms with Crippen molar-refractivity contribution in [2.75, 3.05) is 18.5 Å². The van der Waals surface area contributed by atoms with Crippen LogP contribution in [0.25, 0.3) is 0 Å². The molecule has 2 bridgehead atoms. The number of nitrogens with zero attached hydrogens (tertiary/aromatic N) is 2. The van der Waals surface area contributed by atoms with E-state index in [1.54, 1.807) is 6.20 Å². The van der Waals surface area contributed by atoms with E-state index in [1.807, 2.05) is 12.1 Å². The van der Waals surface area contributed by atoms with Crippen LogP contribution in [0.4, 0.5) is 5.82 Å². The average molecular weight is 246 g/mol. The lowest BCUT2D eigenvalue weighted by Gasteiger charge is -2.28. The number of pyridine rings is 1. The van der Waals surface area contributed by atoms with Gasteiger partial charge in [0.1, 0.15) is 5.82 Å². The van der Waals surface area contributed by atoms with E-state index in [0.717, 1.165) is 35.7 Å². The summed E-state index contributed by atoms with van der Waals surface area (Å²) in [6.07, 6.45) is 7.56. The first-order valence-corrected chi connectivity index (χ1v) is 7.03. The summed E-state index contributed by atoms with van der Waals surface area (Å²) in [5.74, 6) is 3.81. The topological polar surface area (TPSA) is 36.4 Å². The summed E-state index contributed by atoms with van der Waals surface area (Å²) >= 11 is 0. The van der Waals surface area contributed by atoms with Crippen LogP contribution < -0.4 is 4.90 Å². The molecule has 3 nitrogen and oxygen atoms in total. The third kappa shape index (κ3) is 2.24. The average Bonchev–Trinajstić information content (AvgIpc) is 3.01. The van der Waals surface area contributed by atoms with E-state index in [1.165, 1.54) is 25.7 Å². The highest BCUT2D eigenvalue weighted by Gasteiger charge is 2.39. The lowest BCUT2D eigenvalue weighted by molar-refractivity contribution is 0.281. The summed E-state index contributed by atoms with van der Waals surface area (Å²) in [6.45, 7) is 1.21. The summed E-state index contributed by atoms with van der Waals surface area (Å²) in [6, 6.07) is 3.86. The van der Waals surface area contributed by atoms with Gasteiger partial charge in [-0.1, -0.05) is 6.42 Å². The lowest BCUT2D eigenvalue weighted by Crippen LogP contribution is -2.29. The highest BCUT2D eigenvalue weighted by Crippen LogP contribution is 2.48. The van der Waals surface area contributed by atoms with Gasteiger partial charge in [0, 0.05) is 19.8 Å². The van der Waals surface area contributed by atoms with Crippen LogP contribution in [0, 0.1) is 17.8 Å². The number of aliphatic hydroxyl groups excluding tert-OH is 1. The number of rotatable bonds is 4. The first-order valence-electron chi connectivity index (χ1n) is 7.03. The fourth-order valence-electron chi connectivity index (χ4n) is 3.81. The molecule has 3 rings (SSSR count). The maximum absolute atomic E-state index is 9.17. The first kappa shape index (κ1) is 12.0. The van der Waals surface area contributed by atoms with Gasteiger partial charge in [-0.3, -0.25) is 0 Å². The molecule has 0 aliphatic heterocycles. The maximum atomic E-state index is 9.17. The van der Waals surface area contributed by atoms with Crippen LogP contribution in [-0.2, 0) is 6.61 Å². The molecule has 3 heteroatoms. The quantitative estimate of drug-likeness (QED) is 0.886. The molecule has 0 radical (unpaired) electrons. The largest absolute Gasteiger partial charge is 0.392 e. The molecular weight excluding hydrogens is 224 g/mol. The van der Waals surface area contributed by atoms with Gasteiger partial charge in [0.15, 0.2) is 0 Å². The Kier molecular flexibility index (Phi) is 3.25. The summed E-state index contributed by atoms with van der Waals surface area (Å²) in [7, 11) is 2.12.